The summed E-state index contributed by atoms with van der Waals surface area (Å²) in [4.78, 5) is 0. The van der Waals surface area contributed by atoms with E-state index in [0.717, 1.165) is 16.9 Å². The second-order valence-corrected chi connectivity index (χ2v) is 4.57. The fourth-order valence-electron chi connectivity index (χ4n) is 1.57. The minimum absolute atomic E-state index is 0.259. The number of benzene rings is 1. The normalized spacial score (nSPS) is 14.4. The zero-order valence-corrected chi connectivity index (χ0v) is 10.7. The van der Waals surface area contributed by atoms with E-state index in [-0.39, 0.29) is 6.61 Å². The van der Waals surface area contributed by atoms with Gasteiger partial charge in [0.05, 0.1) is 19.3 Å². The molecule has 96 valence electrons. The minimum atomic E-state index is -1.09. The summed E-state index contributed by atoms with van der Waals surface area (Å²) in [6, 6.07) is 5.96. The Kier molecular flexibility index (Phi) is 4.93. The summed E-state index contributed by atoms with van der Waals surface area (Å²) in [7, 11) is 1.64. The van der Waals surface area contributed by atoms with Gasteiger partial charge in [0.25, 0.3) is 0 Å². The molecule has 1 atom stereocenters. The fourth-order valence-corrected chi connectivity index (χ4v) is 1.57. The van der Waals surface area contributed by atoms with Crippen LogP contribution in [0.25, 0.3) is 0 Å². The summed E-state index contributed by atoms with van der Waals surface area (Å²) in [5.74, 6) is 0.826. The summed E-state index contributed by atoms with van der Waals surface area (Å²) in [6.45, 7) is 4.28. The van der Waals surface area contributed by atoms with E-state index in [0.29, 0.717) is 13.1 Å². The van der Waals surface area contributed by atoms with Gasteiger partial charge in [-0.05, 0) is 19.9 Å². The van der Waals surface area contributed by atoms with Crippen molar-refractivity contribution < 1.29 is 14.9 Å². The van der Waals surface area contributed by atoms with E-state index >= 15 is 0 Å². The third-order valence-corrected chi connectivity index (χ3v) is 2.60. The molecule has 4 nitrogen and oxygen atoms in total. The first-order valence-electron chi connectivity index (χ1n) is 5.66. The number of aryl methyl sites for hydroxylation is 1. The Morgan fingerprint density at radius 3 is 2.71 bits per heavy atom. The highest BCUT2D eigenvalue weighted by atomic mass is 16.5. The van der Waals surface area contributed by atoms with Crippen LogP contribution in [0.4, 0.5) is 0 Å². The molecule has 0 saturated carbocycles. The molecular weight excluding hydrogens is 218 g/mol. The summed E-state index contributed by atoms with van der Waals surface area (Å²) in [6.07, 6.45) is 0. The van der Waals surface area contributed by atoms with Crippen LogP contribution in [-0.2, 0) is 6.54 Å². The molecule has 0 spiro atoms. The van der Waals surface area contributed by atoms with E-state index in [1.807, 2.05) is 25.1 Å². The standard InChI is InChI=1S/C13H21NO3/c1-10-4-5-12(17-3)11(6-10)7-14-8-13(2,16)9-15/h4-6,14-16H,7-9H2,1-3H3. The predicted molar refractivity (Wildman–Crippen MR) is 67.1 cm³/mol. The number of aliphatic hydroxyl groups is 2. The van der Waals surface area contributed by atoms with Crippen molar-refractivity contribution in [2.75, 3.05) is 20.3 Å². The van der Waals surface area contributed by atoms with Gasteiger partial charge in [0, 0.05) is 18.7 Å². The van der Waals surface area contributed by atoms with Gasteiger partial charge in [-0.15, -0.1) is 0 Å². The Morgan fingerprint density at radius 2 is 2.12 bits per heavy atom. The van der Waals surface area contributed by atoms with Gasteiger partial charge < -0.3 is 20.3 Å². The van der Waals surface area contributed by atoms with E-state index in [4.69, 9.17) is 9.84 Å². The van der Waals surface area contributed by atoms with Gasteiger partial charge in [-0.25, -0.2) is 0 Å². The SMILES string of the molecule is COc1ccc(C)cc1CNCC(C)(O)CO. The molecule has 17 heavy (non-hydrogen) atoms. The zero-order chi connectivity index (χ0) is 12.9. The molecular formula is C13H21NO3. The third kappa shape index (κ3) is 4.34. The molecule has 1 aromatic carbocycles. The lowest BCUT2D eigenvalue weighted by atomic mass is 10.1. The van der Waals surface area contributed by atoms with Crippen LogP contribution >= 0.6 is 0 Å². The van der Waals surface area contributed by atoms with E-state index in [1.165, 1.54) is 0 Å². The Balaban J connectivity index is 2.59. The van der Waals surface area contributed by atoms with E-state index < -0.39 is 5.60 Å². The molecule has 1 unspecified atom stereocenters. The van der Waals surface area contributed by atoms with Crippen molar-refractivity contribution >= 4 is 0 Å². The molecule has 0 amide bonds. The molecule has 4 heteroatoms. The lowest BCUT2D eigenvalue weighted by molar-refractivity contribution is 0.00251. The topological polar surface area (TPSA) is 61.7 Å². The lowest BCUT2D eigenvalue weighted by Crippen LogP contribution is -2.40. The summed E-state index contributed by atoms with van der Waals surface area (Å²) >= 11 is 0. The molecule has 0 fully saturated rings. The van der Waals surface area contributed by atoms with Gasteiger partial charge in [0.15, 0.2) is 0 Å². The molecule has 0 saturated heterocycles. The van der Waals surface area contributed by atoms with Gasteiger partial charge in [-0.2, -0.15) is 0 Å². The van der Waals surface area contributed by atoms with Gasteiger partial charge >= 0.3 is 0 Å². The van der Waals surface area contributed by atoms with E-state index in [9.17, 15) is 5.11 Å². The quantitative estimate of drug-likeness (QED) is 0.688. The van der Waals surface area contributed by atoms with Gasteiger partial charge in [0.1, 0.15) is 5.75 Å². The van der Waals surface area contributed by atoms with Gasteiger partial charge in [-0.3, -0.25) is 0 Å². The fraction of sp³-hybridized carbons (Fsp3) is 0.538. The molecule has 3 N–H and O–H groups in total. The molecule has 0 aromatic heterocycles. The largest absolute Gasteiger partial charge is 0.496 e. The maximum absolute atomic E-state index is 9.64. The second-order valence-electron chi connectivity index (χ2n) is 4.57. The van der Waals surface area contributed by atoms with Crippen molar-refractivity contribution in [1.29, 1.82) is 0 Å². The van der Waals surface area contributed by atoms with E-state index in [2.05, 4.69) is 5.32 Å². The Hall–Kier alpha value is -1.10. The van der Waals surface area contributed by atoms with Crippen LogP contribution in [0.1, 0.15) is 18.1 Å². The maximum atomic E-state index is 9.64. The lowest BCUT2D eigenvalue weighted by Gasteiger charge is -2.21. The van der Waals surface area contributed by atoms with Crippen molar-refractivity contribution in [2.45, 2.75) is 26.0 Å². The molecule has 0 bridgehead atoms. The predicted octanol–water partition coefficient (Wildman–Crippen LogP) is 0.837. The number of aliphatic hydroxyl groups excluding tert-OH is 1. The molecule has 1 aromatic rings. The monoisotopic (exact) mass is 239 g/mol. The van der Waals surface area contributed by atoms with Crippen molar-refractivity contribution in [3.05, 3.63) is 29.3 Å². The first kappa shape index (κ1) is 14.0. The van der Waals surface area contributed by atoms with Crippen LogP contribution in [0.5, 0.6) is 5.75 Å². The molecule has 0 aliphatic carbocycles. The van der Waals surface area contributed by atoms with Crippen LogP contribution in [-0.4, -0.2) is 36.1 Å². The van der Waals surface area contributed by atoms with Crippen molar-refractivity contribution in [3.8, 4) is 5.75 Å². The average Bonchev–Trinajstić information content (AvgIpc) is 2.29. The highest BCUT2D eigenvalue weighted by Gasteiger charge is 2.18. The molecule has 0 aliphatic rings. The Labute approximate surface area is 102 Å². The van der Waals surface area contributed by atoms with Crippen molar-refractivity contribution in [1.82, 2.24) is 5.32 Å². The van der Waals surface area contributed by atoms with Gasteiger partial charge in [0.2, 0.25) is 0 Å². The van der Waals surface area contributed by atoms with E-state index in [1.54, 1.807) is 14.0 Å². The first-order chi connectivity index (χ1) is 7.98. The number of rotatable bonds is 6. The number of methoxy groups -OCH3 is 1. The number of hydrogen-bond acceptors (Lipinski definition) is 4. The highest BCUT2D eigenvalue weighted by Crippen LogP contribution is 2.19. The summed E-state index contributed by atoms with van der Waals surface area (Å²) in [5, 5.41) is 21.7. The Morgan fingerprint density at radius 1 is 1.41 bits per heavy atom. The van der Waals surface area contributed by atoms with Crippen molar-refractivity contribution in [3.63, 3.8) is 0 Å². The minimum Gasteiger partial charge on any atom is -0.496 e. The van der Waals surface area contributed by atoms with Crippen LogP contribution in [0.15, 0.2) is 18.2 Å². The summed E-state index contributed by atoms with van der Waals surface area (Å²) in [5.41, 5.74) is 1.12. The smallest absolute Gasteiger partial charge is 0.123 e. The zero-order valence-electron chi connectivity index (χ0n) is 10.7. The molecule has 0 radical (unpaired) electrons. The number of ether oxygens (including phenoxy) is 1. The first-order valence-corrected chi connectivity index (χ1v) is 5.66. The number of hydrogen-bond donors (Lipinski definition) is 3. The van der Waals surface area contributed by atoms with Gasteiger partial charge in [-0.1, -0.05) is 17.7 Å². The summed E-state index contributed by atoms with van der Waals surface area (Å²) < 4.78 is 5.26. The molecule has 1 rings (SSSR count). The average molecular weight is 239 g/mol. The maximum Gasteiger partial charge on any atom is 0.123 e. The van der Waals surface area contributed by atoms with Crippen molar-refractivity contribution in [2.24, 2.45) is 0 Å². The molecule has 0 aliphatic heterocycles. The third-order valence-electron chi connectivity index (χ3n) is 2.60. The van der Waals surface area contributed by atoms with Crippen LogP contribution in [0.2, 0.25) is 0 Å². The second kappa shape index (κ2) is 6.00. The Bertz CT molecular complexity index is 364. The number of nitrogens with one attached hydrogen (secondary N) is 1. The highest BCUT2D eigenvalue weighted by molar-refractivity contribution is 5.36. The van der Waals surface area contributed by atoms with Crippen LogP contribution in [0, 0.1) is 6.92 Å². The van der Waals surface area contributed by atoms with Crippen LogP contribution in [0.3, 0.4) is 0 Å². The van der Waals surface area contributed by atoms with Crippen LogP contribution < -0.4 is 10.1 Å². The molecule has 0 heterocycles.